The van der Waals surface area contributed by atoms with Gasteiger partial charge in [0.15, 0.2) is 5.71 Å². The number of aryl methyl sites for hydroxylation is 1. The molecule has 0 saturated carbocycles. The third-order valence-corrected chi connectivity index (χ3v) is 12.2. The second-order valence-electron chi connectivity index (χ2n) is 15.5. The third kappa shape index (κ3) is 10.2. The van der Waals surface area contributed by atoms with Crippen LogP contribution in [0.2, 0.25) is 0 Å². The standard InChI is InChI=1S/C40H49N5O12S2/c1-39(2)30-24-27(38(49)42(5)56-6)26-43(21-13-23-58(50,51)52)37(30)41-32(39)14-9-7-10-15-33-40(3,4)29-25-28(59(53,54)55)17-18-31(29)44(33)22-12-8-11-16-36(48)57-45-34(46)19-20-35(45)47/h7,9-10,14-15,17-18,24-26H,8,11-13,16,19-23H2,1-6H3,(H-,50,51,52,53,54,55). The number of aliphatic imine (C=N–C) groups is 1. The van der Waals surface area contributed by atoms with Crippen LogP contribution in [-0.2, 0) is 61.7 Å². The number of benzene rings is 1. The van der Waals surface area contributed by atoms with Crippen LogP contribution in [0.4, 0.5) is 11.5 Å². The fourth-order valence-electron chi connectivity index (χ4n) is 7.26. The second kappa shape index (κ2) is 17.6. The van der Waals surface area contributed by atoms with E-state index in [1.807, 2.05) is 52.0 Å². The number of fused-ring (bicyclic) bond motifs is 2. The van der Waals surface area contributed by atoms with E-state index in [9.17, 15) is 45.1 Å². The second-order valence-corrected chi connectivity index (χ2v) is 18.4. The highest BCUT2D eigenvalue weighted by Gasteiger charge is 2.44. The molecular weight excluding hydrogens is 807 g/mol. The Morgan fingerprint density at radius 2 is 1.66 bits per heavy atom. The van der Waals surface area contributed by atoms with Crippen LogP contribution in [0.25, 0.3) is 0 Å². The number of imide groups is 1. The number of aromatic nitrogens is 1. The molecular formula is C40H49N5O12S2. The summed E-state index contributed by atoms with van der Waals surface area (Å²) in [6.45, 7) is 8.42. The SMILES string of the molecule is CON(C)C(=O)c1cc2c([n+](CCCS(=O)(=O)[O-])c1)N=C(/C=C/C=C/C=C1/N(CCCCCC(=O)ON3C(=O)CCC3=O)c3ccc(S(=O)(=O)O)cc3C1(C)C)C2(C)C. The highest BCUT2D eigenvalue weighted by atomic mass is 32.2. The molecule has 4 heterocycles. The van der Waals surface area contributed by atoms with Gasteiger partial charge in [0, 0.05) is 55.4 Å². The quantitative estimate of drug-likeness (QED) is 0.0591. The predicted octanol–water partition coefficient (Wildman–Crippen LogP) is 4.11. The Hall–Kier alpha value is -5.08. The maximum Gasteiger partial charge on any atom is 0.333 e. The molecule has 318 valence electrons. The molecule has 3 aliphatic heterocycles. The molecule has 1 saturated heterocycles. The Morgan fingerprint density at radius 1 is 0.966 bits per heavy atom. The van der Waals surface area contributed by atoms with E-state index >= 15 is 0 Å². The van der Waals surface area contributed by atoms with Gasteiger partial charge in [0.05, 0.1) is 45.2 Å². The molecule has 1 N–H and O–H groups in total. The van der Waals surface area contributed by atoms with Crippen LogP contribution < -0.4 is 9.47 Å². The Kier molecular flexibility index (Phi) is 13.5. The summed E-state index contributed by atoms with van der Waals surface area (Å²) < 4.78 is 69.6. The zero-order valence-electron chi connectivity index (χ0n) is 33.8. The van der Waals surface area contributed by atoms with E-state index in [1.54, 1.807) is 29.0 Å². The summed E-state index contributed by atoms with van der Waals surface area (Å²) in [6.07, 6.45) is 12.5. The van der Waals surface area contributed by atoms with E-state index in [0.29, 0.717) is 53.5 Å². The molecule has 0 spiro atoms. The van der Waals surface area contributed by atoms with Crippen LogP contribution in [0.1, 0.15) is 94.1 Å². The molecule has 3 aliphatic rings. The van der Waals surface area contributed by atoms with Gasteiger partial charge in [-0.2, -0.15) is 8.42 Å². The lowest BCUT2D eigenvalue weighted by Crippen LogP contribution is -2.38. The van der Waals surface area contributed by atoms with Crippen molar-refractivity contribution in [2.24, 2.45) is 4.99 Å². The van der Waals surface area contributed by atoms with Gasteiger partial charge in [0.2, 0.25) is 0 Å². The van der Waals surface area contributed by atoms with Crippen molar-refractivity contribution in [3.05, 3.63) is 83.2 Å². The van der Waals surface area contributed by atoms with E-state index in [4.69, 9.17) is 14.7 Å². The lowest BCUT2D eigenvalue weighted by Gasteiger charge is -2.27. The number of carbonyl (C=O) groups excluding carboxylic acids is 4. The normalized spacial score (nSPS) is 18.0. The first kappa shape index (κ1) is 45.0. The Labute approximate surface area is 344 Å². The number of nitrogens with zero attached hydrogens (tertiary/aromatic N) is 5. The molecule has 1 aromatic heterocycles. The topological polar surface area (TPSA) is 224 Å². The molecule has 2 aromatic rings. The number of unbranched alkanes of at least 4 members (excludes halogenated alkanes) is 2. The number of pyridine rings is 1. The van der Waals surface area contributed by atoms with Crippen molar-refractivity contribution in [1.29, 1.82) is 0 Å². The smallest absolute Gasteiger partial charge is 0.333 e. The first-order valence-corrected chi connectivity index (χ1v) is 22.0. The maximum absolute atomic E-state index is 13.1. The van der Waals surface area contributed by atoms with Gasteiger partial charge in [-0.05, 0) is 80.1 Å². The number of rotatable bonds is 17. The summed E-state index contributed by atoms with van der Waals surface area (Å²) in [5, 5.41) is 1.60. The zero-order chi connectivity index (χ0) is 43.5. The molecule has 0 radical (unpaired) electrons. The number of carbonyl (C=O) groups is 4. The lowest BCUT2D eigenvalue weighted by molar-refractivity contribution is -0.684. The monoisotopic (exact) mass is 855 g/mol. The van der Waals surface area contributed by atoms with Gasteiger partial charge in [-0.3, -0.25) is 23.8 Å². The summed E-state index contributed by atoms with van der Waals surface area (Å²) >= 11 is 0. The van der Waals surface area contributed by atoms with Gasteiger partial charge in [0.1, 0.15) is 6.20 Å². The molecule has 17 nitrogen and oxygen atoms in total. The Morgan fingerprint density at radius 3 is 2.31 bits per heavy atom. The summed E-state index contributed by atoms with van der Waals surface area (Å²) in [7, 11) is -6.09. The van der Waals surface area contributed by atoms with E-state index < -0.39 is 60.5 Å². The van der Waals surface area contributed by atoms with Crippen LogP contribution in [0.5, 0.6) is 0 Å². The summed E-state index contributed by atoms with van der Waals surface area (Å²) in [5.74, 6) is -2.22. The largest absolute Gasteiger partial charge is 0.748 e. The van der Waals surface area contributed by atoms with Crippen molar-refractivity contribution in [2.45, 2.75) is 94.9 Å². The number of anilines is 1. The number of amides is 3. The van der Waals surface area contributed by atoms with Crippen molar-refractivity contribution in [3.63, 3.8) is 0 Å². The Balaban J connectivity index is 1.35. The van der Waals surface area contributed by atoms with E-state index in [-0.39, 0.29) is 37.1 Å². The molecule has 19 heteroatoms. The summed E-state index contributed by atoms with van der Waals surface area (Å²) in [5.41, 5.74) is 2.62. The molecule has 3 amide bonds. The maximum atomic E-state index is 13.1. The molecule has 0 bridgehead atoms. The zero-order valence-corrected chi connectivity index (χ0v) is 35.5. The van der Waals surface area contributed by atoms with Crippen molar-refractivity contribution in [2.75, 3.05) is 31.4 Å². The highest BCUT2D eigenvalue weighted by Crippen LogP contribution is 2.48. The van der Waals surface area contributed by atoms with Crippen molar-refractivity contribution >= 4 is 61.1 Å². The van der Waals surface area contributed by atoms with Gasteiger partial charge < -0.3 is 14.3 Å². The predicted molar refractivity (Wildman–Crippen MR) is 214 cm³/mol. The molecule has 0 atom stereocenters. The highest BCUT2D eigenvalue weighted by molar-refractivity contribution is 7.86. The molecule has 59 heavy (non-hydrogen) atoms. The van der Waals surface area contributed by atoms with Crippen molar-refractivity contribution < 1.29 is 59.4 Å². The van der Waals surface area contributed by atoms with Crippen LogP contribution >= 0.6 is 0 Å². The van der Waals surface area contributed by atoms with Crippen LogP contribution in [0.3, 0.4) is 0 Å². The fourth-order valence-corrected chi connectivity index (χ4v) is 8.25. The van der Waals surface area contributed by atoms with Gasteiger partial charge in [-0.15, -0.1) is 5.06 Å². The molecule has 1 aromatic carbocycles. The summed E-state index contributed by atoms with van der Waals surface area (Å²) in [4.78, 5) is 65.7. The van der Waals surface area contributed by atoms with Crippen LogP contribution in [0, 0.1) is 0 Å². The minimum Gasteiger partial charge on any atom is -0.748 e. The van der Waals surface area contributed by atoms with Crippen molar-refractivity contribution in [3.8, 4) is 0 Å². The average molecular weight is 856 g/mol. The fraction of sp³-hybridized carbons (Fsp3) is 0.450. The van der Waals surface area contributed by atoms with Crippen LogP contribution in [-0.4, -0.2) is 91.9 Å². The average Bonchev–Trinajstić information content (AvgIpc) is 3.69. The van der Waals surface area contributed by atoms with Gasteiger partial charge in [0.25, 0.3) is 27.8 Å². The molecule has 0 unspecified atom stereocenters. The number of hydrogen-bond acceptors (Lipinski definition) is 13. The molecule has 0 aliphatic carbocycles. The van der Waals surface area contributed by atoms with Crippen molar-refractivity contribution in [1.82, 2.24) is 10.1 Å². The first-order valence-electron chi connectivity index (χ1n) is 19.0. The van der Waals surface area contributed by atoms with Gasteiger partial charge in [-0.25, -0.2) is 22.8 Å². The number of hydroxylamine groups is 4. The Bertz CT molecular complexity index is 2370. The van der Waals surface area contributed by atoms with E-state index in [1.165, 1.54) is 26.3 Å². The van der Waals surface area contributed by atoms with E-state index in [2.05, 4.69) is 4.90 Å². The van der Waals surface area contributed by atoms with Gasteiger partial charge >= 0.3 is 11.8 Å². The summed E-state index contributed by atoms with van der Waals surface area (Å²) in [6, 6.07) is 6.20. The number of allylic oxidation sites excluding steroid dienone is 6. The first-order chi connectivity index (χ1) is 27.6. The lowest BCUT2D eigenvalue weighted by atomic mass is 9.81. The van der Waals surface area contributed by atoms with E-state index in [0.717, 1.165) is 22.0 Å². The molecule has 1 fully saturated rings. The number of hydrogen-bond donors (Lipinski definition) is 1. The van der Waals surface area contributed by atoms with Crippen LogP contribution in [0.15, 0.2) is 76.4 Å². The minimum atomic E-state index is -4.47. The third-order valence-electron chi connectivity index (χ3n) is 10.6. The molecule has 5 rings (SSSR count). The van der Waals surface area contributed by atoms with Gasteiger partial charge in [-0.1, -0.05) is 38.5 Å². The minimum absolute atomic E-state index is 0.0119.